The van der Waals surface area contributed by atoms with Crippen molar-refractivity contribution in [2.75, 3.05) is 13.6 Å². The predicted molar refractivity (Wildman–Crippen MR) is 81.4 cm³/mol. The molecule has 1 atom stereocenters. The molecule has 1 aromatic carbocycles. The third-order valence-corrected chi connectivity index (χ3v) is 3.71. The molecule has 3 nitrogen and oxygen atoms in total. The average Bonchev–Trinajstić information content (AvgIpc) is 2.78. The maximum atomic E-state index is 4.80. The predicted octanol–water partition coefficient (Wildman–Crippen LogP) is 3.23. The van der Waals surface area contributed by atoms with Crippen LogP contribution in [0.1, 0.15) is 32.4 Å². The van der Waals surface area contributed by atoms with Gasteiger partial charge in [-0.3, -0.25) is 4.68 Å². The van der Waals surface area contributed by atoms with Gasteiger partial charge in [-0.05, 0) is 45.3 Å². The summed E-state index contributed by atoms with van der Waals surface area (Å²) >= 11 is 0. The third kappa shape index (κ3) is 3.16. The minimum Gasteiger partial charge on any atom is -0.319 e. The van der Waals surface area contributed by atoms with Crippen molar-refractivity contribution >= 4 is 10.9 Å². The van der Waals surface area contributed by atoms with Crippen LogP contribution in [-0.2, 0) is 13.0 Å². The van der Waals surface area contributed by atoms with Crippen molar-refractivity contribution in [2.24, 2.45) is 5.92 Å². The molecule has 1 heterocycles. The Morgan fingerprint density at radius 3 is 2.74 bits per heavy atom. The van der Waals surface area contributed by atoms with Gasteiger partial charge in [0.1, 0.15) is 0 Å². The van der Waals surface area contributed by atoms with Crippen LogP contribution in [-0.4, -0.2) is 23.4 Å². The van der Waals surface area contributed by atoms with Gasteiger partial charge in [0, 0.05) is 11.9 Å². The number of benzene rings is 1. The molecule has 0 amide bonds. The highest BCUT2D eigenvalue weighted by atomic mass is 15.3. The van der Waals surface area contributed by atoms with Crippen LogP contribution in [0.2, 0.25) is 0 Å². The van der Waals surface area contributed by atoms with E-state index in [1.165, 1.54) is 29.4 Å². The van der Waals surface area contributed by atoms with Gasteiger partial charge in [-0.2, -0.15) is 5.10 Å². The largest absolute Gasteiger partial charge is 0.319 e. The monoisotopic (exact) mass is 259 g/mol. The fourth-order valence-corrected chi connectivity index (χ4v) is 2.83. The molecule has 104 valence electrons. The Labute approximate surface area is 116 Å². The lowest BCUT2D eigenvalue weighted by atomic mass is 9.96. The molecule has 2 rings (SSSR count). The number of aryl methyl sites for hydroxylation is 1. The maximum absolute atomic E-state index is 4.80. The van der Waals surface area contributed by atoms with Crippen molar-refractivity contribution in [3.8, 4) is 0 Å². The zero-order valence-corrected chi connectivity index (χ0v) is 12.3. The summed E-state index contributed by atoms with van der Waals surface area (Å²) in [6.45, 7) is 6.41. The van der Waals surface area contributed by atoms with E-state index in [9.17, 15) is 0 Å². The molecule has 1 N–H and O–H groups in total. The van der Waals surface area contributed by atoms with E-state index in [2.05, 4.69) is 48.1 Å². The summed E-state index contributed by atoms with van der Waals surface area (Å²) < 4.78 is 2.12. The molecule has 0 aliphatic heterocycles. The first-order valence-electron chi connectivity index (χ1n) is 7.39. The molecule has 0 radical (unpaired) electrons. The molecule has 1 unspecified atom stereocenters. The van der Waals surface area contributed by atoms with E-state index in [1.54, 1.807) is 0 Å². The number of fused-ring (bicyclic) bond motifs is 1. The van der Waals surface area contributed by atoms with E-state index >= 15 is 0 Å². The van der Waals surface area contributed by atoms with Crippen LogP contribution in [0.3, 0.4) is 0 Å². The molecule has 0 bridgehead atoms. The van der Waals surface area contributed by atoms with Crippen LogP contribution < -0.4 is 5.32 Å². The van der Waals surface area contributed by atoms with Crippen molar-refractivity contribution in [1.29, 1.82) is 0 Å². The minimum absolute atomic E-state index is 0.679. The smallest absolute Gasteiger partial charge is 0.0706 e. The van der Waals surface area contributed by atoms with Crippen molar-refractivity contribution in [2.45, 2.75) is 39.7 Å². The topological polar surface area (TPSA) is 29.9 Å². The van der Waals surface area contributed by atoms with Crippen LogP contribution in [0.25, 0.3) is 10.9 Å². The van der Waals surface area contributed by atoms with Gasteiger partial charge in [0.25, 0.3) is 0 Å². The summed E-state index contributed by atoms with van der Waals surface area (Å²) in [6, 6.07) is 8.58. The van der Waals surface area contributed by atoms with Crippen LogP contribution >= 0.6 is 0 Å². The SMILES string of the molecule is CCCC(CNC)Cc1nn(CC)c2ccccc12. The number of nitrogens with zero attached hydrogens (tertiary/aromatic N) is 2. The summed E-state index contributed by atoms with van der Waals surface area (Å²) in [7, 11) is 2.03. The number of rotatable bonds is 7. The van der Waals surface area contributed by atoms with E-state index in [0.29, 0.717) is 5.92 Å². The van der Waals surface area contributed by atoms with E-state index in [4.69, 9.17) is 5.10 Å². The summed E-state index contributed by atoms with van der Waals surface area (Å²) in [6.07, 6.45) is 3.56. The maximum Gasteiger partial charge on any atom is 0.0706 e. The highest BCUT2D eigenvalue weighted by Crippen LogP contribution is 2.22. The fraction of sp³-hybridized carbons (Fsp3) is 0.562. The molecular weight excluding hydrogens is 234 g/mol. The lowest BCUT2D eigenvalue weighted by Crippen LogP contribution is -2.21. The molecule has 1 aromatic heterocycles. The van der Waals surface area contributed by atoms with Crippen LogP contribution in [0, 0.1) is 5.92 Å². The van der Waals surface area contributed by atoms with Gasteiger partial charge in [0.2, 0.25) is 0 Å². The van der Waals surface area contributed by atoms with Crippen LogP contribution in [0.5, 0.6) is 0 Å². The first-order valence-corrected chi connectivity index (χ1v) is 7.39. The van der Waals surface area contributed by atoms with Gasteiger partial charge in [0.05, 0.1) is 11.2 Å². The molecule has 0 saturated carbocycles. The first-order chi connectivity index (χ1) is 9.30. The molecule has 3 heteroatoms. The molecule has 0 aliphatic carbocycles. The normalized spacial score (nSPS) is 13.0. The Balaban J connectivity index is 2.28. The number of hydrogen-bond donors (Lipinski definition) is 1. The quantitative estimate of drug-likeness (QED) is 0.827. The van der Waals surface area contributed by atoms with E-state index in [0.717, 1.165) is 19.5 Å². The molecule has 2 aromatic rings. The fourth-order valence-electron chi connectivity index (χ4n) is 2.83. The Kier molecular flexibility index (Phi) is 4.97. The summed E-state index contributed by atoms with van der Waals surface area (Å²) in [5.41, 5.74) is 2.52. The number of para-hydroxylation sites is 1. The number of hydrogen-bond acceptors (Lipinski definition) is 2. The van der Waals surface area contributed by atoms with Gasteiger partial charge >= 0.3 is 0 Å². The van der Waals surface area contributed by atoms with E-state index in [1.807, 2.05) is 7.05 Å². The van der Waals surface area contributed by atoms with E-state index in [-0.39, 0.29) is 0 Å². The van der Waals surface area contributed by atoms with Crippen molar-refractivity contribution in [1.82, 2.24) is 15.1 Å². The van der Waals surface area contributed by atoms with Gasteiger partial charge in [-0.15, -0.1) is 0 Å². The van der Waals surface area contributed by atoms with Crippen LogP contribution in [0.4, 0.5) is 0 Å². The Morgan fingerprint density at radius 1 is 1.26 bits per heavy atom. The minimum atomic E-state index is 0.679. The second kappa shape index (κ2) is 6.71. The van der Waals surface area contributed by atoms with Gasteiger partial charge in [0.15, 0.2) is 0 Å². The van der Waals surface area contributed by atoms with Gasteiger partial charge in [-0.25, -0.2) is 0 Å². The lowest BCUT2D eigenvalue weighted by molar-refractivity contribution is 0.450. The highest BCUT2D eigenvalue weighted by Gasteiger charge is 2.14. The molecular formula is C16H25N3. The second-order valence-electron chi connectivity index (χ2n) is 5.20. The van der Waals surface area contributed by atoms with E-state index < -0.39 is 0 Å². The zero-order chi connectivity index (χ0) is 13.7. The van der Waals surface area contributed by atoms with Gasteiger partial charge < -0.3 is 5.32 Å². The summed E-state index contributed by atoms with van der Waals surface area (Å²) in [5, 5.41) is 9.43. The second-order valence-corrected chi connectivity index (χ2v) is 5.20. The molecule has 0 fully saturated rings. The zero-order valence-electron chi connectivity index (χ0n) is 12.3. The van der Waals surface area contributed by atoms with Gasteiger partial charge in [-0.1, -0.05) is 31.5 Å². The Bertz CT molecular complexity index is 510. The highest BCUT2D eigenvalue weighted by molar-refractivity contribution is 5.81. The first kappa shape index (κ1) is 14.1. The Morgan fingerprint density at radius 2 is 2.05 bits per heavy atom. The average molecular weight is 259 g/mol. The standard InChI is InChI=1S/C16H25N3/c1-4-8-13(12-17-3)11-15-14-9-6-7-10-16(14)19(5-2)18-15/h6-7,9-10,13,17H,4-5,8,11-12H2,1-3H3. The molecule has 0 spiro atoms. The molecule has 0 aliphatic rings. The molecule has 19 heavy (non-hydrogen) atoms. The van der Waals surface area contributed by atoms with Crippen molar-refractivity contribution in [3.63, 3.8) is 0 Å². The summed E-state index contributed by atoms with van der Waals surface area (Å²) in [5.74, 6) is 0.679. The van der Waals surface area contributed by atoms with Crippen molar-refractivity contribution < 1.29 is 0 Å². The summed E-state index contributed by atoms with van der Waals surface area (Å²) in [4.78, 5) is 0. The number of aromatic nitrogens is 2. The number of nitrogens with one attached hydrogen (secondary N) is 1. The van der Waals surface area contributed by atoms with Crippen molar-refractivity contribution in [3.05, 3.63) is 30.0 Å². The lowest BCUT2D eigenvalue weighted by Gasteiger charge is -2.14. The molecule has 0 saturated heterocycles. The Hall–Kier alpha value is -1.35. The third-order valence-electron chi connectivity index (χ3n) is 3.71. The van der Waals surface area contributed by atoms with Crippen LogP contribution in [0.15, 0.2) is 24.3 Å².